The van der Waals surface area contributed by atoms with Crippen LogP contribution in [0.25, 0.3) is 32.8 Å². The van der Waals surface area contributed by atoms with E-state index in [1.54, 1.807) is 0 Å². The highest BCUT2D eigenvalue weighted by molar-refractivity contribution is 6.06. The number of nitrogens with one attached hydrogen (secondary N) is 1. The molecule has 3 fully saturated rings. The highest BCUT2D eigenvalue weighted by atomic mass is 19.1. The smallest absolute Gasteiger partial charge is 0.221 e. The highest BCUT2D eigenvalue weighted by Crippen LogP contribution is 2.48. The molecule has 1 atom stereocenters. The fraction of sp³-hybridized carbons (Fsp3) is 0.484. The Morgan fingerprint density at radius 3 is 2.68 bits per heavy atom. The van der Waals surface area contributed by atoms with Crippen molar-refractivity contribution >= 4 is 21.7 Å². The molecular weight excluding hydrogens is 479 g/mol. The topological polar surface area (TPSA) is 61.2 Å². The van der Waals surface area contributed by atoms with Gasteiger partial charge in [-0.15, -0.1) is 0 Å². The Morgan fingerprint density at radius 1 is 1.13 bits per heavy atom. The summed E-state index contributed by atoms with van der Waals surface area (Å²) < 4.78 is 28.7. The van der Waals surface area contributed by atoms with Crippen molar-refractivity contribution in [2.45, 2.75) is 70.6 Å². The van der Waals surface area contributed by atoms with Crippen molar-refractivity contribution in [3.05, 3.63) is 54.1 Å². The first-order valence-corrected chi connectivity index (χ1v) is 14.1. The molecule has 198 valence electrons. The number of aromatic nitrogens is 3. The summed E-state index contributed by atoms with van der Waals surface area (Å²) >= 11 is 0. The highest BCUT2D eigenvalue weighted by Gasteiger charge is 2.47. The third-order valence-electron chi connectivity index (χ3n) is 8.75. The monoisotopic (exact) mass is 514 g/mol. The van der Waals surface area contributed by atoms with Gasteiger partial charge in [-0.1, -0.05) is 26.0 Å². The Labute approximate surface area is 222 Å². The third kappa shape index (κ3) is 4.07. The zero-order valence-corrected chi connectivity index (χ0v) is 22.2. The number of rotatable bonds is 5. The third-order valence-corrected chi connectivity index (χ3v) is 8.75. The number of benzene rings is 2. The molecule has 6 nitrogen and oxygen atoms in total. The summed E-state index contributed by atoms with van der Waals surface area (Å²) in [5, 5.41) is 11.4. The van der Waals surface area contributed by atoms with Crippen LogP contribution in [0.5, 0.6) is 5.88 Å². The first-order chi connectivity index (χ1) is 18.5. The molecule has 2 aromatic carbocycles. The Hall–Kier alpha value is -3.03. The summed E-state index contributed by atoms with van der Waals surface area (Å²) in [6.07, 6.45) is 8.60. The zero-order chi connectivity index (χ0) is 25.9. The lowest BCUT2D eigenvalue weighted by atomic mass is 9.66. The maximum Gasteiger partial charge on any atom is 0.221 e. The van der Waals surface area contributed by atoms with Gasteiger partial charge < -0.3 is 14.8 Å². The summed E-state index contributed by atoms with van der Waals surface area (Å²) in [5.41, 5.74) is 4.39. The molecule has 1 spiro atoms. The van der Waals surface area contributed by atoms with E-state index in [1.807, 2.05) is 23.0 Å². The van der Waals surface area contributed by atoms with Gasteiger partial charge in [-0.2, -0.15) is 5.10 Å². The van der Waals surface area contributed by atoms with E-state index in [-0.39, 0.29) is 24.1 Å². The average Bonchev–Trinajstić information content (AvgIpc) is 3.56. The van der Waals surface area contributed by atoms with Gasteiger partial charge in [0.05, 0.1) is 17.4 Å². The molecule has 0 radical (unpaired) electrons. The first kappa shape index (κ1) is 24.0. The molecule has 1 saturated carbocycles. The van der Waals surface area contributed by atoms with Crippen LogP contribution >= 0.6 is 0 Å². The van der Waals surface area contributed by atoms with Crippen LogP contribution in [0.3, 0.4) is 0 Å². The van der Waals surface area contributed by atoms with Gasteiger partial charge in [-0.05, 0) is 91.6 Å². The van der Waals surface area contributed by atoms with Crippen LogP contribution in [0, 0.1) is 11.2 Å². The van der Waals surface area contributed by atoms with Crippen molar-refractivity contribution in [1.29, 1.82) is 0 Å². The minimum Gasteiger partial charge on any atom is -0.474 e. The van der Waals surface area contributed by atoms with Gasteiger partial charge in [-0.3, -0.25) is 0 Å². The van der Waals surface area contributed by atoms with E-state index in [9.17, 15) is 4.39 Å². The molecule has 7 rings (SSSR count). The molecular formula is C31H35FN4O2. The quantitative estimate of drug-likeness (QED) is 0.320. The standard InChI is InChI=1S/C31H35FN4O2/c1-19(2)29-28(20-6-8-22(32)9-7-20)24-13-21-17-34-36(27-5-3-4-12-37-27)26(21)14-25(24)30(35-29)38-23-15-31(16-23)10-11-33-18-31/h6-9,13-14,17,19,23,27,33H,3-5,10-12,15-16,18H2,1-2H3. The normalized spacial score (nSPS) is 25.5. The number of pyridine rings is 1. The van der Waals surface area contributed by atoms with E-state index in [0.29, 0.717) is 11.3 Å². The summed E-state index contributed by atoms with van der Waals surface area (Å²) in [5.74, 6) is 0.621. The Bertz CT molecular complexity index is 1480. The van der Waals surface area contributed by atoms with Crippen molar-refractivity contribution in [1.82, 2.24) is 20.1 Å². The molecule has 0 amide bonds. The second-order valence-electron chi connectivity index (χ2n) is 11.8. The van der Waals surface area contributed by atoms with Gasteiger partial charge >= 0.3 is 0 Å². The van der Waals surface area contributed by atoms with Crippen LogP contribution in [0.2, 0.25) is 0 Å². The number of hydrogen-bond acceptors (Lipinski definition) is 5. The maximum absolute atomic E-state index is 13.9. The van der Waals surface area contributed by atoms with Gasteiger partial charge in [0.2, 0.25) is 5.88 Å². The Kier molecular flexibility index (Phi) is 5.89. The second kappa shape index (κ2) is 9.31. The van der Waals surface area contributed by atoms with Crippen LogP contribution < -0.4 is 10.1 Å². The van der Waals surface area contributed by atoms with Crippen molar-refractivity contribution in [2.24, 2.45) is 5.41 Å². The van der Waals surface area contributed by atoms with E-state index < -0.39 is 0 Å². The minimum atomic E-state index is -0.242. The molecule has 1 N–H and O–H groups in total. The Balaban J connectivity index is 1.40. The van der Waals surface area contributed by atoms with E-state index in [0.717, 1.165) is 90.3 Å². The summed E-state index contributed by atoms with van der Waals surface area (Å²) in [6, 6.07) is 11.1. The fourth-order valence-electron chi connectivity index (χ4n) is 6.71. The molecule has 0 bridgehead atoms. The van der Waals surface area contributed by atoms with Crippen molar-refractivity contribution in [2.75, 3.05) is 19.7 Å². The van der Waals surface area contributed by atoms with E-state index in [2.05, 4.69) is 31.3 Å². The molecule has 2 aromatic heterocycles. The molecule has 38 heavy (non-hydrogen) atoms. The molecule has 1 unspecified atom stereocenters. The maximum atomic E-state index is 13.9. The Morgan fingerprint density at radius 2 is 1.97 bits per heavy atom. The molecule has 2 saturated heterocycles. The molecule has 4 aromatic rings. The summed E-state index contributed by atoms with van der Waals surface area (Å²) in [4.78, 5) is 5.18. The number of hydrogen-bond donors (Lipinski definition) is 1. The van der Waals surface area contributed by atoms with Gasteiger partial charge in [0.1, 0.15) is 11.9 Å². The van der Waals surface area contributed by atoms with Crippen LogP contribution in [0.4, 0.5) is 4.39 Å². The minimum absolute atomic E-state index is 0.0520. The van der Waals surface area contributed by atoms with Gasteiger partial charge in [0, 0.05) is 29.5 Å². The van der Waals surface area contributed by atoms with E-state index in [1.165, 1.54) is 18.6 Å². The molecule has 4 heterocycles. The van der Waals surface area contributed by atoms with Crippen LogP contribution in [-0.4, -0.2) is 40.6 Å². The lowest BCUT2D eigenvalue weighted by Gasteiger charge is -2.44. The molecule has 7 heteroatoms. The zero-order valence-electron chi connectivity index (χ0n) is 22.2. The number of ether oxygens (including phenoxy) is 2. The fourth-order valence-corrected chi connectivity index (χ4v) is 6.71. The first-order valence-electron chi connectivity index (χ1n) is 14.1. The van der Waals surface area contributed by atoms with Crippen LogP contribution in [0.1, 0.15) is 70.2 Å². The summed E-state index contributed by atoms with van der Waals surface area (Å²) in [6.45, 7) is 7.27. The van der Waals surface area contributed by atoms with Crippen molar-refractivity contribution in [3.8, 4) is 17.0 Å². The number of nitrogens with zero attached hydrogens (tertiary/aromatic N) is 3. The van der Waals surface area contributed by atoms with Gasteiger partial charge in [-0.25, -0.2) is 14.1 Å². The van der Waals surface area contributed by atoms with Crippen LogP contribution in [0.15, 0.2) is 42.6 Å². The van der Waals surface area contributed by atoms with Crippen LogP contribution in [-0.2, 0) is 4.74 Å². The lowest BCUT2D eigenvalue weighted by Crippen LogP contribution is -2.45. The molecule has 2 aliphatic heterocycles. The molecule has 1 aliphatic carbocycles. The second-order valence-corrected chi connectivity index (χ2v) is 11.8. The van der Waals surface area contributed by atoms with E-state index in [4.69, 9.17) is 19.6 Å². The molecule has 3 aliphatic rings. The average molecular weight is 515 g/mol. The van der Waals surface area contributed by atoms with Gasteiger partial charge in [0.15, 0.2) is 6.23 Å². The SMILES string of the molecule is CC(C)c1nc(OC2CC3(CCNC3)C2)c2cc3c(cnn3C3CCCCO3)cc2c1-c1ccc(F)cc1. The largest absolute Gasteiger partial charge is 0.474 e. The lowest BCUT2D eigenvalue weighted by molar-refractivity contribution is -0.0366. The number of fused-ring (bicyclic) bond motifs is 2. The predicted octanol–water partition coefficient (Wildman–Crippen LogP) is 6.73. The van der Waals surface area contributed by atoms with Crippen molar-refractivity contribution < 1.29 is 13.9 Å². The van der Waals surface area contributed by atoms with Crippen molar-refractivity contribution in [3.63, 3.8) is 0 Å². The van der Waals surface area contributed by atoms with Gasteiger partial charge in [0.25, 0.3) is 0 Å². The summed E-state index contributed by atoms with van der Waals surface area (Å²) in [7, 11) is 0. The van der Waals surface area contributed by atoms with E-state index >= 15 is 0 Å². The predicted molar refractivity (Wildman–Crippen MR) is 147 cm³/mol. The number of halogens is 1.